The van der Waals surface area contributed by atoms with Crippen LogP contribution < -0.4 is 5.32 Å². The van der Waals surface area contributed by atoms with Crippen molar-refractivity contribution in [2.45, 2.75) is 31.3 Å². The van der Waals surface area contributed by atoms with Crippen LogP contribution in [0.4, 0.5) is 0 Å². The molecule has 2 aliphatic rings. The Labute approximate surface area is 156 Å². The van der Waals surface area contributed by atoms with Crippen molar-refractivity contribution < 1.29 is 4.79 Å². The van der Waals surface area contributed by atoms with Gasteiger partial charge >= 0.3 is 0 Å². The first-order chi connectivity index (χ1) is 10.3. The van der Waals surface area contributed by atoms with E-state index in [0.717, 1.165) is 29.4 Å². The molecule has 4 rings (SSSR count). The van der Waals surface area contributed by atoms with Gasteiger partial charge < -0.3 is 10.2 Å². The lowest BCUT2D eigenvalue weighted by Gasteiger charge is -2.23. The number of halogens is 2. The average Bonchev–Trinajstić information content (AvgIpc) is 3.17. The van der Waals surface area contributed by atoms with Crippen LogP contribution in [0.2, 0.25) is 0 Å². The van der Waals surface area contributed by atoms with Gasteiger partial charge in [0.2, 0.25) is 0 Å². The van der Waals surface area contributed by atoms with Gasteiger partial charge in [-0.1, -0.05) is 6.07 Å². The van der Waals surface area contributed by atoms with Gasteiger partial charge in [-0.2, -0.15) is 0 Å². The Morgan fingerprint density at radius 1 is 1.22 bits per heavy atom. The highest BCUT2D eigenvalue weighted by Gasteiger charge is 2.32. The third-order valence-corrected chi connectivity index (χ3v) is 6.15. The molecule has 2 fully saturated rings. The molecule has 8 heteroatoms. The number of nitrogens with one attached hydrogen (secondary N) is 1. The molecule has 4 heterocycles. The minimum Gasteiger partial charge on any atom is -0.336 e. The number of thiophene rings is 1. The molecule has 126 valence electrons. The van der Waals surface area contributed by atoms with Gasteiger partial charge in [0.1, 0.15) is 10.7 Å². The molecule has 23 heavy (non-hydrogen) atoms. The molecule has 0 spiro atoms. The van der Waals surface area contributed by atoms with Gasteiger partial charge in [0.05, 0.1) is 4.88 Å². The molecule has 2 atom stereocenters. The van der Waals surface area contributed by atoms with Crippen molar-refractivity contribution in [2.24, 2.45) is 0 Å². The number of aromatic nitrogens is 1. The number of likely N-dealkylation sites (tertiary alicyclic amines) is 1. The average molecular weight is 392 g/mol. The van der Waals surface area contributed by atoms with E-state index in [1.54, 1.807) is 22.7 Å². The second-order valence-electron chi connectivity index (χ2n) is 5.69. The maximum Gasteiger partial charge on any atom is 0.273 e. The van der Waals surface area contributed by atoms with E-state index in [1.807, 2.05) is 27.8 Å². The predicted molar refractivity (Wildman–Crippen MR) is 100 cm³/mol. The summed E-state index contributed by atoms with van der Waals surface area (Å²) < 4.78 is 0. The first-order valence-electron chi connectivity index (χ1n) is 7.34. The quantitative estimate of drug-likeness (QED) is 0.848. The summed E-state index contributed by atoms with van der Waals surface area (Å²) in [5.74, 6) is 0.0865. The van der Waals surface area contributed by atoms with Gasteiger partial charge in [-0.25, -0.2) is 4.98 Å². The summed E-state index contributed by atoms with van der Waals surface area (Å²) in [6, 6.07) is 5.13. The predicted octanol–water partition coefficient (Wildman–Crippen LogP) is 3.68. The van der Waals surface area contributed by atoms with E-state index >= 15 is 0 Å². The minimum absolute atomic E-state index is 0. The summed E-state index contributed by atoms with van der Waals surface area (Å²) >= 11 is 3.22. The Morgan fingerprint density at radius 3 is 2.83 bits per heavy atom. The van der Waals surface area contributed by atoms with Gasteiger partial charge in [-0.05, 0) is 30.7 Å². The molecular formula is C15H19Cl2N3OS2. The van der Waals surface area contributed by atoms with Crippen LogP contribution in [0.1, 0.15) is 29.8 Å². The highest BCUT2D eigenvalue weighted by Crippen LogP contribution is 2.28. The van der Waals surface area contributed by atoms with Crippen molar-refractivity contribution >= 4 is 53.4 Å². The third kappa shape index (κ3) is 3.88. The Bertz CT molecular complexity index is 647. The van der Waals surface area contributed by atoms with Crippen LogP contribution in [0.15, 0.2) is 22.9 Å². The molecule has 2 saturated heterocycles. The highest BCUT2D eigenvalue weighted by atomic mass is 35.5. The lowest BCUT2D eigenvalue weighted by atomic mass is 10.1. The van der Waals surface area contributed by atoms with Gasteiger partial charge in [-0.3, -0.25) is 4.79 Å². The lowest BCUT2D eigenvalue weighted by molar-refractivity contribution is 0.0743. The molecule has 2 aromatic heterocycles. The number of rotatable bonds is 2. The number of carbonyl (C=O) groups excluding carboxylic acids is 1. The normalized spacial score (nSPS) is 22.9. The number of thiazole rings is 1. The second kappa shape index (κ2) is 7.94. The SMILES string of the molecule is Cl.Cl.O=C(c1csc(-c2cccs2)n1)N1CCC2CCC(C1)N2. The fourth-order valence-corrected chi connectivity index (χ4v) is 4.78. The van der Waals surface area contributed by atoms with Crippen LogP contribution in [-0.4, -0.2) is 41.0 Å². The van der Waals surface area contributed by atoms with Crippen LogP contribution in [0, 0.1) is 0 Å². The molecule has 0 saturated carbocycles. The molecule has 2 bridgehead atoms. The molecule has 1 N–H and O–H groups in total. The molecular weight excluding hydrogens is 373 g/mol. The molecule has 2 unspecified atom stereocenters. The summed E-state index contributed by atoms with van der Waals surface area (Å²) in [5.41, 5.74) is 0.598. The van der Waals surface area contributed by atoms with Crippen molar-refractivity contribution in [1.29, 1.82) is 0 Å². The number of carbonyl (C=O) groups is 1. The number of hydrogen-bond donors (Lipinski definition) is 1. The fraction of sp³-hybridized carbons (Fsp3) is 0.467. The van der Waals surface area contributed by atoms with Gasteiger partial charge in [-0.15, -0.1) is 47.5 Å². The van der Waals surface area contributed by atoms with E-state index in [9.17, 15) is 4.79 Å². The lowest BCUT2D eigenvalue weighted by Crippen LogP contribution is -2.39. The summed E-state index contributed by atoms with van der Waals surface area (Å²) in [7, 11) is 0. The maximum absolute atomic E-state index is 12.7. The van der Waals surface area contributed by atoms with Gasteiger partial charge in [0, 0.05) is 30.6 Å². The van der Waals surface area contributed by atoms with Gasteiger partial charge in [0.15, 0.2) is 0 Å². The zero-order chi connectivity index (χ0) is 14.2. The first kappa shape index (κ1) is 18.7. The van der Waals surface area contributed by atoms with Gasteiger partial charge in [0.25, 0.3) is 5.91 Å². The van der Waals surface area contributed by atoms with E-state index in [2.05, 4.69) is 10.3 Å². The first-order valence-corrected chi connectivity index (χ1v) is 9.10. The summed E-state index contributed by atoms with van der Waals surface area (Å²) in [4.78, 5) is 20.3. The fourth-order valence-electron chi connectivity index (χ4n) is 3.17. The molecule has 1 amide bonds. The van der Waals surface area contributed by atoms with Crippen LogP contribution in [0.5, 0.6) is 0 Å². The van der Waals surface area contributed by atoms with Crippen molar-refractivity contribution in [3.63, 3.8) is 0 Å². The van der Waals surface area contributed by atoms with Crippen LogP contribution in [-0.2, 0) is 0 Å². The number of nitrogens with zero attached hydrogens (tertiary/aromatic N) is 2. The Morgan fingerprint density at radius 2 is 2.04 bits per heavy atom. The van der Waals surface area contributed by atoms with Crippen molar-refractivity contribution in [1.82, 2.24) is 15.2 Å². The zero-order valence-corrected chi connectivity index (χ0v) is 15.7. The number of hydrogen-bond acceptors (Lipinski definition) is 5. The molecule has 0 aliphatic carbocycles. The molecule has 0 radical (unpaired) electrons. The topological polar surface area (TPSA) is 45.2 Å². The summed E-state index contributed by atoms with van der Waals surface area (Å²) in [6.07, 6.45) is 3.50. The van der Waals surface area contributed by atoms with E-state index in [4.69, 9.17) is 0 Å². The van der Waals surface area contributed by atoms with Crippen molar-refractivity contribution in [2.75, 3.05) is 13.1 Å². The monoisotopic (exact) mass is 391 g/mol. The van der Waals surface area contributed by atoms with E-state index in [0.29, 0.717) is 17.8 Å². The van der Waals surface area contributed by atoms with E-state index < -0.39 is 0 Å². The van der Waals surface area contributed by atoms with E-state index in [1.165, 1.54) is 12.8 Å². The Hall–Kier alpha value is -0.660. The van der Waals surface area contributed by atoms with Crippen molar-refractivity contribution in [3.05, 3.63) is 28.6 Å². The van der Waals surface area contributed by atoms with Crippen LogP contribution >= 0.6 is 47.5 Å². The van der Waals surface area contributed by atoms with Crippen LogP contribution in [0.3, 0.4) is 0 Å². The zero-order valence-electron chi connectivity index (χ0n) is 12.4. The standard InChI is InChI=1S/C15H17N3OS2.2ClH/c19-15(18-6-5-10-3-4-11(8-18)16-10)12-9-21-14(17-12)13-2-1-7-20-13;;/h1-2,7,9-11,16H,3-6,8H2;2*1H. The molecule has 0 aromatic carbocycles. The third-order valence-electron chi connectivity index (χ3n) is 4.27. The smallest absolute Gasteiger partial charge is 0.273 e. The van der Waals surface area contributed by atoms with Crippen molar-refractivity contribution in [3.8, 4) is 9.88 Å². The second-order valence-corrected chi connectivity index (χ2v) is 7.50. The highest BCUT2D eigenvalue weighted by molar-refractivity contribution is 7.20. The maximum atomic E-state index is 12.7. The molecule has 2 aromatic rings. The largest absolute Gasteiger partial charge is 0.336 e. The molecule has 2 aliphatic heterocycles. The summed E-state index contributed by atoms with van der Waals surface area (Å²) in [6.45, 7) is 1.67. The number of amides is 1. The number of fused-ring (bicyclic) bond motifs is 2. The van der Waals surface area contributed by atoms with Crippen LogP contribution in [0.25, 0.3) is 9.88 Å². The Balaban J connectivity index is 0.000000960. The minimum atomic E-state index is 0. The molecule has 4 nitrogen and oxygen atoms in total. The Kier molecular flexibility index (Phi) is 6.45. The van der Waals surface area contributed by atoms with E-state index in [-0.39, 0.29) is 30.7 Å². The summed E-state index contributed by atoms with van der Waals surface area (Å²) in [5, 5.41) is 8.49.